The lowest BCUT2D eigenvalue weighted by Crippen LogP contribution is -2.10. The van der Waals surface area contributed by atoms with Crippen molar-refractivity contribution in [2.75, 3.05) is 0 Å². The molecule has 0 N–H and O–H groups in total. The lowest BCUT2D eigenvalue weighted by molar-refractivity contribution is -0.0510. The summed E-state index contributed by atoms with van der Waals surface area (Å²) in [5.41, 5.74) is 1.82. The number of aromatic nitrogens is 4. The van der Waals surface area contributed by atoms with Crippen molar-refractivity contribution in [3.63, 3.8) is 0 Å². The van der Waals surface area contributed by atoms with Gasteiger partial charge in [-0.05, 0) is 26.0 Å². The summed E-state index contributed by atoms with van der Waals surface area (Å²) in [6.07, 6.45) is 0. The quantitative estimate of drug-likeness (QED) is 0.660. The SMILES string of the molecule is Cc1cc(C)n2nc(C(=O)OCc3ccccc3OC(F)F)nc2n1. The van der Waals surface area contributed by atoms with Crippen LogP contribution in [0.5, 0.6) is 5.75 Å². The number of carbonyl (C=O) groups is 1. The lowest BCUT2D eigenvalue weighted by Gasteiger charge is -2.10. The summed E-state index contributed by atoms with van der Waals surface area (Å²) in [6, 6.07) is 7.87. The van der Waals surface area contributed by atoms with Gasteiger partial charge in [0.05, 0.1) is 0 Å². The van der Waals surface area contributed by atoms with Crippen molar-refractivity contribution in [1.82, 2.24) is 19.6 Å². The molecule has 0 saturated heterocycles. The number of carbonyl (C=O) groups excluding carboxylic acids is 1. The second-order valence-electron chi connectivity index (χ2n) is 5.25. The normalized spacial score (nSPS) is 11.1. The zero-order valence-electron chi connectivity index (χ0n) is 13.4. The third-order valence-electron chi connectivity index (χ3n) is 3.35. The van der Waals surface area contributed by atoms with Crippen molar-refractivity contribution in [3.05, 3.63) is 53.1 Å². The van der Waals surface area contributed by atoms with Crippen molar-refractivity contribution >= 4 is 11.7 Å². The van der Waals surface area contributed by atoms with Crippen LogP contribution in [0.25, 0.3) is 5.78 Å². The van der Waals surface area contributed by atoms with Crippen LogP contribution in [0.2, 0.25) is 0 Å². The number of hydrogen-bond donors (Lipinski definition) is 0. The molecule has 1 aromatic carbocycles. The van der Waals surface area contributed by atoms with Gasteiger partial charge in [0.1, 0.15) is 12.4 Å². The van der Waals surface area contributed by atoms with Gasteiger partial charge < -0.3 is 9.47 Å². The first kappa shape index (κ1) is 16.7. The van der Waals surface area contributed by atoms with Crippen LogP contribution in [0.15, 0.2) is 30.3 Å². The second kappa shape index (κ2) is 6.80. The van der Waals surface area contributed by atoms with Gasteiger partial charge >= 0.3 is 12.6 Å². The maximum absolute atomic E-state index is 12.4. The number of benzene rings is 1. The van der Waals surface area contributed by atoms with Crippen molar-refractivity contribution in [2.45, 2.75) is 27.1 Å². The Hall–Kier alpha value is -3.10. The molecule has 9 heteroatoms. The smallest absolute Gasteiger partial charge is 0.387 e. The van der Waals surface area contributed by atoms with E-state index in [-0.39, 0.29) is 24.0 Å². The van der Waals surface area contributed by atoms with Gasteiger partial charge in [0.25, 0.3) is 11.6 Å². The van der Waals surface area contributed by atoms with E-state index in [9.17, 15) is 13.6 Å². The number of ether oxygens (including phenoxy) is 2. The summed E-state index contributed by atoms with van der Waals surface area (Å²) >= 11 is 0. The van der Waals surface area contributed by atoms with E-state index in [2.05, 4.69) is 19.8 Å². The molecular formula is C16H14F2N4O3. The van der Waals surface area contributed by atoms with E-state index in [4.69, 9.17) is 4.74 Å². The Balaban J connectivity index is 1.76. The molecular weight excluding hydrogens is 334 g/mol. The highest BCUT2D eigenvalue weighted by Crippen LogP contribution is 2.21. The van der Waals surface area contributed by atoms with Gasteiger partial charge in [-0.15, -0.1) is 5.10 Å². The number of halogens is 2. The number of hydrogen-bond acceptors (Lipinski definition) is 6. The van der Waals surface area contributed by atoms with E-state index >= 15 is 0 Å². The molecule has 0 spiro atoms. The lowest BCUT2D eigenvalue weighted by atomic mass is 10.2. The predicted octanol–water partition coefficient (Wildman–Crippen LogP) is 2.70. The molecule has 0 radical (unpaired) electrons. The average Bonchev–Trinajstić information content (AvgIpc) is 2.97. The van der Waals surface area contributed by atoms with Crippen LogP contribution >= 0.6 is 0 Å². The van der Waals surface area contributed by atoms with E-state index in [0.29, 0.717) is 5.56 Å². The number of nitrogens with zero attached hydrogens (tertiary/aromatic N) is 4. The van der Waals surface area contributed by atoms with E-state index in [0.717, 1.165) is 11.4 Å². The molecule has 0 saturated carbocycles. The molecule has 2 heterocycles. The zero-order chi connectivity index (χ0) is 18.0. The van der Waals surface area contributed by atoms with Crippen molar-refractivity contribution in [1.29, 1.82) is 0 Å². The Labute approximate surface area is 141 Å². The number of para-hydroxylation sites is 1. The van der Waals surface area contributed by atoms with Crippen LogP contribution in [-0.2, 0) is 11.3 Å². The Bertz CT molecular complexity index is 927. The predicted molar refractivity (Wildman–Crippen MR) is 82.4 cm³/mol. The average molecular weight is 348 g/mol. The van der Waals surface area contributed by atoms with E-state index in [1.54, 1.807) is 25.1 Å². The van der Waals surface area contributed by atoms with E-state index in [1.807, 2.05) is 6.92 Å². The highest BCUT2D eigenvalue weighted by Gasteiger charge is 2.18. The van der Waals surface area contributed by atoms with E-state index < -0.39 is 12.6 Å². The monoisotopic (exact) mass is 348 g/mol. The molecule has 0 aliphatic rings. The van der Waals surface area contributed by atoms with Crippen LogP contribution in [0, 0.1) is 13.8 Å². The summed E-state index contributed by atoms with van der Waals surface area (Å²) in [7, 11) is 0. The minimum absolute atomic E-state index is 0.0543. The number of rotatable bonds is 5. The van der Waals surface area contributed by atoms with Crippen LogP contribution in [0.4, 0.5) is 8.78 Å². The Morgan fingerprint density at radius 3 is 2.76 bits per heavy atom. The van der Waals surface area contributed by atoms with Gasteiger partial charge in [0.2, 0.25) is 0 Å². The summed E-state index contributed by atoms with van der Waals surface area (Å²) in [6.45, 7) is 0.403. The first-order valence-electron chi connectivity index (χ1n) is 7.35. The Morgan fingerprint density at radius 1 is 1.24 bits per heavy atom. The first-order valence-corrected chi connectivity index (χ1v) is 7.35. The van der Waals surface area contributed by atoms with E-state index in [1.165, 1.54) is 16.6 Å². The number of fused-ring (bicyclic) bond motifs is 1. The van der Waals surface area contributed by atoms with Crippen LogP contribution in [-0.4, -0.2) is 32.2 Å². The Morgan fingerprint density at radius 2 is 2.00 bits per heavy atom. The molecule has 0 aliphatic carbocycles. The molecule has 7 nitrogen and oxygen atoms in total. The molecule has 0 amide bonds. The largest absolute Gasteiger partial charge is 0.455 e. The molecule has 25 heavy (non-hydrogen) atoms. The molecule has 3 rings (SSSR count). The van der Waals surface area contributed by atoms with Crippen LogP contribution < -0.4 is 4.74 Å². The molecule has 3 aromatic rings. The van der Waals surface area contributed by atoms with Gasteiger partial charge in [0.15, 0.2) is 0 Å². The van der Waals surface area contributed by atoms with Gasteiger partial charge in [-0.25, -0.2) is 14.3 Å². The fraction of sp³-hybridized carbons (Fsp3) is 0.250. The summed E-state index contributed by atoms with van der Waals surface area (Å²) in [5.74, 6) is -0.713. The summed E-state index contributed by atoms with van der Waals surface area (Å²) in [4.78, 5) is 20.4. The van der Waals surface area contributed by atoms with Crippen molar-refractivity contribution < 1.29 is 23.0 Å². The number of esters is 1. The van der Waals surface area contributed by atoms with Gasteiger partial charge in [-0.1, -0.05) is 18.2 Å². The van der Waals surface area contributed by atoms with Crippen molar-refractivity contribution in [2.24, 2.45) is 0 Å². The zero-order valence-corrected chi connectivity index (χ0v) is 13.4. The molecule has 0 aliphatic heterocycles. The fourth-order valence-corrected chi connectivity index (χ4v) is 2.29. The summed E-state index contributed by atoms with van der Waals surface area (Å²) < 4.78 is 35.7. The summed E-state index contributed by atoms with van der Waals surface area (Å²) in [5, 5.41) is 4.05. The minimum atomic E-state index is -2.96. The standard InChI is InChI=1S/C16H14F2N4O3/c1-9-7-10(2)22-16(19-9)20-13(21-22)14(23)24-8-11-5-3-4-6-12(11)25-15(17)18/h3-7,15H,8H2,1-2H3. The molecule has 0 unspecified atom stereocenters. The van der Waals surface area contributed by atoms with Gasteiger partial charge in [0, 0.05) is 17.0 Å². The molecule has 2 aromatic heterocycles. The molecule has 130 valence electrons. The fourth-order valence-electron chi connectivity index (χ4n) is 2.29. The molecule has 0 atom stereocenters. The highest BCUT2D eigenvalue weighted by molar-refractivity contribution is 5.85. The van der Waals surface area contributed by atoms with Gasteiger partial charge in [-0.3, -0.25) is 0 Å². The first-order chi connectivity index (χ1) is 11.9. The third-order valence-corrected chi connectivity index (χ3v) is 3.35. The second-order valence-corrected chi connectivity index (χ2v) is 5.25. The topological polar surface area (TPSA) is 78.6 Å². The maximum Gasteiger partial charge on any atom is 0.387 e. The van der Waals surface area contributed by atoms with Crippen LogP contribution in [0.3, 0.4) is 0 Å². The highest BCUT2D eigenvalue weighted by atomic mass is 19.3. The van der Waals surface area contributed by atoms with Gasteiger partial charge in [-0.2, -0.15) is 13.8 Å². The number of aryl methyl sites for hydroxylation is 2. The maximum atomic E-state index is 12.4. The molecule has 0 fully saturated rings. The van der Waals surface area contributed by atoms with Crippen LogP contribution in [0.1, 0.15) is 27.6 Å². The third kappa shape index (κ3) is 3.70. The minimum Gasteiger partial charge on any atom is -0.455 e. The molecule has 0 bridgehead atoms. The Kier molecular flexibility index (Phi) is 4.55. The van der Waals surface area contributed by atoms with Crippen molar-refractivity contribution in [3.8, 4) is 5.75 Å². The number of alkyl halides is 2.